The highest BCUT2D eigenvalue weighted by atomic mass is 16.5. The van der Waals surface area contributed by atoms with E-state index in [4.69, 9.17) is 4.74 Å². The number of fused-ring (bicyclic) bond motifs is 1. The maximum Gasteiger partial charge on any atom is 0.243 e. The first-order chi connectivity index (χ1) is 8.63. The molecular formula is C14H21N3O. The summed E-state index contributed by atoms with van der Waals surface area (Å²) in [5, 5.41) is 0. The zero-order valence-corrected chi connectivity index (χ0v) is 11.6. The van der Waals surface area contributed by atoms with Gasteiger partial charge in [0.1, 0.15) is 12.0 Å². The number of rotatable bonds is 4. The molecule has 2 rings (SSSR count). The summed E-state index contributed by atoms with van der Waals surface area (Å²) in [4.78, 5) is 13.0. The molecule has 2 atom stereocenters. The number of aromatic nitrogens is 2. The molecule has 4 nitrogen and oxygen atoms in total. The third kappa shape index (κ3) is 2.52. The highest BCUT2D eigenvalue weighted by Gasteiger charge is 2.27. The second kappa shape index (κ2) is 5.46. The summed E-state index contributed by atoms with van der Waals surface area (Å²) in [7, 11) is 1.62. The normalized spacial score (nSPS) is 22.1. The van der Waals surface area contributed by atoms with Gasteiger partial charge in [-0.2, -0.15) is 4.98 Å². The fourth-order valence-electron chi connectivity index (χ4n) is 2.33. The molecule has 0 saturated heterocycles. The lowest BCUT2D eigenvalue weighted by atomic mass is 9.84. The fraction of sp³-hybridized carbons (Fsp3) is 0.643. The zero-order valence-electron chi connectivity index (χ0n) is 11.6. The molecule has 0 amide bonds. The fourth-order valence-corrected chi connectivity index (χ4v) is 2.33. The average Bonchev–Trinajstić information content (AvgIpc) is 2.37. The van der Waals surface area contributed by atoms with Gasteiger partial charge in [-0.25, -0.2) is 4.98 Å². The summed E-state index contributed by atoms with van der Waals surface area (Å²) in [5.74, 6) is 2.16. The van der Waals surface area contributed by atoms with Crippen LogP contribution in [-0.4, -0.2) is 23.3 Å². The lowest BCUT2D eigenvalue weighted by molar-refractivity contribution is 0.393. The molecule has 18 heavy (non-hydrogen) atoms. The minimum atomic E-state index is 0.383. The molecule has 1 aromatic heterocycles. The molecule has 0 bridgehead atoms. The van der Waals surface area contributed by atoms with E-state index in [1.54, 1.807) is 13.4 Å². The van der Waals surface area contributed by atoms with Crippen LogP contribution in [0, 0.1) is 11.8 Å². The Labute approximate surface area is 109 Å². The zero-order chi connectivity index (χ0) is 13.1. The molecule has 0 aliphatic carbocycles. The minimum Gasteiger partial charge on any atom is -0.479 e. The van der Waals surface area contributed by atoms with Crippen molar-refractivity contribution in [1.82, 2.24) is 9.97 Å². The predicted octanol–water partition coefficient (Wildman–Crippen LogP) is 3.36. The minimum absolute atomic E-state index is 0.383. The van der Waals surface area contributed by atoms with Gasteiger partial charge in [0.2, 0.25) is 5.88 Å². The molecule has 0 fully saturated rings. The van der Waals surface area contributed by atoms with Crippen LogP contribution in [0.1, 0.15) is 45.2 Å². The van der Waals surface area contributed by atoms with Crippen LogP contribution in [0.4, 0.5) is 5.69 Å². The Balaban J connectivity index is 2.21. The topological polar surface area (TPSA) is 47.4 Å². The quantitative estimate of drug-likeness (QED) is 0.819. The number of hydrogen-bond donors (Lipinski definition) is 0. The Morgan fingerprint density at radius 3 is 2.78 bits per heavy atom. The van der Waals surface area contributed by atoms with Gasteiger partial charge in [-0.05, 0) is 12.3 Å². The molecule has 0 spiro atoms. The number of hydrogen-bond acceptors (Lipinski definition) is 4. The maximum atomic E-state index is 5.23. The van der Waals surface area contributed by atoms with Gasteiger partial charge in [0.05, 0.1) is 12.8 Å². The molecule has 0 radical (unpaired) electrons. The first-order valence-electron chi connectivity index (χ1n) is 6.56. The second-order valence-corrected chi connectivity index (χ2v) is 5.32. The number of ether oxygens (including phenoxy) is 1. The largest absolute Gasteiger partial charge is 0.479 e. The maximum absolute atomic E-state index is 5.23. The number of aliphatic imine (C=N–C) groups is 1. The highest BCUT2D eigenvalue weighted by Crippen LogP contribution is 2.40. The Hall–Kier alpha value is -1.45. The Bertz CT molecular complexity index is 443. The Morgan fingerprint density at radius 2 is 2.11 bits per heavy atom. The van der Waals surface area contributed by atoms with Gasteiger partial charge in [0, 0.05) is 18.1 Å². The van der Waals surface area contributed by atoms with Gasteiger partial charge in [-0.15, -0.1) is 0 Å². The van der Waals surface area contributed by atoms with Gasteiger partial charge >= 0.3 is 0 Å². The van der Waals surface area contributed by atoms with E-state index in [9.17, 15) is 0 Å². The third-order valence-corrected chi connectivity index (χ3v) is 3.56. The van der Waals surface area contributed by atoms with E-state index in [-0.39, 0.29) is 0 Å². The predicted molar refractivity (Wildman–Crippen MR) is 72.7 cm³/mol. The number of nitrogens with zero attached hydrogens (tertiary/aromatic N) is 3. The summed E-state index contributed by atoms with van der Waals surface area (Å²) in [6.07, 6.45) is 5.99. The molecule has 1 aliphatic heterocycles. The molecule has 2 heterocycles. The summed E-state index contributed by atoms with van der Waals surface area (Å²) in [6, 6.07) is 0. The van der Waals surface area contributed by atoms with Crippen LogP contribution in [0.25, 0.3) is 0 Å². The van der Waals surface area contributed by atoms with Crippen molar-refractivity contribution in [2.75, 3.05) is 7.11 Å². The first-order valence-corrected chi connectivity index (χ1v) is 6.56. The Morgan fingerprint density at radius 1 is 1.33 bits per heavy atom. The molecule has 0 saturated carbocycles. The lowest BCUT2D eigenvalue weighted by Gasteiger charge is -2.25. The average molecular weight is 247 g/mol. The van der Waals surface area contributed by atoms with E-state index in [2.05, 4.69) is 35.7 Å². The van der Waals surface area contributed by atoms with Crippen molar-refractivity contribution in [3.8, 4) is 5.88 Å². The molecule has 1 aromatic rings. The van der Waals surface area contributed by atoms with Crippen LogP contribution in [0.15, 0.2) is 11.3 Å². The first kappa shape index (κ1) is 13.0. The van der Waals surface area contributed by atoms with Gasteiger partial charge in [-0.3, -0.25) is 4.99 Å². The summed E-state index contributed by atoms with van der Waals surface area (Å²) in [6.45, 7) is 6.72. The van der Waals surface area contributed by atoms with E-state index in [1.165, 1.54) is 6.42 Å². The monoisotopic (exact) mass is 247 g/mol. The van der Waals surface area contributed by atoms with Crippen LogP contribution in [-0.2, 0) is 0 Å². The molecule has 1 aliphatic rings. The van der Waals surface area contributed by atoms with Crippen LogP contribution in [0.3, 0.4) is 0 Å². The summed E-state index contributed by atoms with van der Waals surface area (Å²) in [5.41, 5.74) is 1.81. The van der Waals surface area contributed by atoms with E-state index in [1.807, 2.05) is 6.21 Å². The second-order valence-electron chi connectivity index (χ2n) is 5.32. The van der Waals surface area contributed by atoms with Gasteiger partial charge < -0.3 is 4.74 Å². The van der Waals surface area contributed by atoms with Crippen molar-refractivity contribution in [3.63, 3.8) is 0 Å². The highest BCUT2D eigenvalue weighted by molar-refractivity contribution is 5.73. The third-order valence-electron chi connectivity index (χ3n) is 3.56. The smallest absolute Gasteiger partial charge is 0.243 e. The van der Waals surface area contributed by atoms with E-state index in [0.717, 1.165) is 23.7 Å². The van der Waals surface area contributed by atoms with Crippen LogP contribution >= 0.6 is 0 Å². The van der Waals surface area contributed by atoms with E-state index >= 15 is 0 Å². The molecule has 2 unspecified atom stereocenters. The van der Waals surface area contributed by atoms with Gasteiger partial charge in [-0.1, -0.05) is 27.2 Å². The standard InChI is InChI=1S/C14H21N3O/c1-9(2)5-6-11-7-15-13-12(10(11)3)16-8-17-14(13)18-4/h7-11H,5-6H2,1-4H3. The molecule has 0 N–H and O–H groups in total. The van der Waals surface area contributed by atoms with Crippen molar-refractivity contribution in [1.29, 1.82) is 0 Å². The SMILES string of the molecule is COc1ncnc2c1N=CC(CCC(C)C)C2C. The van der Waals surface area contributed by atoms with Crippen molar-refractivity contribution in [2.24, 2.45) is 16.8 Å². The van der Waals surface area contributed by atoms with Gasteiger partial charge in [0.25, 0.3) is 0 Å². The van der Waals surface area contributed by atoms with Crippen molar-refractivity contribution in [3.05, 3.63) is 12.0 Å². The lowest BCUT2D eigenvalue weighted by Crippen LogP contribution is -2.18. The van der Waals surface area contributed by atoms with Crippen molar-refractivity contribution >= 4 is 11.9 Å². The van der Waals surface area contributed by atoms with Crippen LogP contribution in [0.5, 0.6) is 5.88 Å². The number of methoxy groups -OCH3 is 1. The van der Waals surface area contributed by atoms with Crippen molar-refractivity contribution < 1.29 is 4.74 Å². The van der Waals surface area contributed by atoms with Crippen LogP contribution in [0.2, 0.25) is 0 Å². The Kier molecular flexibility index (Phi) is 3.94. The summed E-state index contributed by atoms with van der Waals surface area (Å²) < 4.78 is 5.23. The molecule has 98 valence electrons. The van der Waals surface area contributed by atoms with Gasteiger partial charge in [0.15, 0.2) is 0 Å². The molecular weight excluding hydrogens is 226 g/mol. The van der Waals surface area contributed by atoms with E-state index in [0.29, 0.717) is 17.7 Å². The van der Waals surface area contributed by atoms with Crippen molar-refractivity contribution in [2.45, 2.75) is 39.5 Å². The summed E-state index contributed by atoms with van der Waals surface area (Å²) >= 11 is 0. The molecule has 0 aromatic carbocycles. The van der Waals surface area contributed by atoms with E-state index < -0.39 is 0 Å². The molecule has 4 heteroatoms. The van der Waals surface area contributed by atoms with Crippen LogP contribution < -0.4 is 4.74 Å².